The van der Waals surface area contributed by atoms with Crippen LogP contribution < -0.4 is 4.72 Å². The molecule has 0 saturated carbocycles. The summed E-state index contributed by atoms with van der Waals surface area (Å²) in [5.74, 6) is -2.86. The van der Waals surface area contributed by atoms with Crippen LogP contribution in [-0.2, 0) is 10.0 Å². The molecule has 100 valence electrons. The lowest BCUT2D eigenvalue weighted by Gasteiger charge is -2.09. The van der Waals surface area contributed by atoms with E-state index < -0.39 is 31.6 Å². The predicted octanol–water partition coefficient (Wildman–Crippen LogP) is 2.81. The summed E-state index contributed by atoms with van der Waals surface area (Å²) in [6.07, 6.45) is 1.35. The van der Waals surface area contributed by atoms with E-state index in [1.807, 2.05) is 4.72 Å². The highest BCUT2D eigenvalue weighted by molar-refractivity contribution is 7.92. The summed E-state index contributed by atoms with van der Waals surface area (Å²) in [4.78, 5) is 2.78. The average Bonchev–Trinajstić information content (AvgIpc) is 2.35. The number of benzene rings is 1. The minimum Gasteiger partial charge on any atom is -0.263 e. The molecule has 0 spiro atoms. The number of nitrogens with zero attached hydrogens (tertiary/aromatic N) is 1. The van der Waals surface area contributed by atoms with Crippen molar-refractivity contribution >= 4 is 27.4 Å². The van der Waals surface area contributed by atoms with Crippen molar-refractivity contribution in [1.82, 2.24) is 4.98 Å². The zero-order chi connectivity index (χ0) is 14.0. The lowest BCUT2D eigenvalue weighted by Crippen LogP contribution is -2.16. The van der Waals surface area contributed by atoms with E-state index >= 15 is 0 Å². The zero-order valence-corrected chi connectivity index (χ0v) is 10.8. The van der Waals surface area contributed by atoms with Crippen molar-refractivity contribution in [3.05, 3.63) is 53.2 Å². The van der Waals surface area contributed by atoms with Crippen molar-refractivity contribution in [3.8, 4) is 0 Å². The Balaban J connectivity index is 2.49. The largest absolute Gasteiger partial charge is 0.267 e. The Bertz CT molecular complexity index is 708. The van der Waals surface area contributed by atoms with Gasteiger partial charge in [0.15, 0.2) is 11.6 Å². The average molecular weight is 305 g/mol. The van der Waals surface area contributed by atoms with Gasteiger partial charge in [0.1, 0.15) is 10.7 Å². The van der Waals surface area contributed by atoms with Crippen LogP contribution in [0.25, 0.3) is 0 Å². The Morgan fingerprint density at radius 3 is 2.53 bits per heavy atom. The van der Waals surface area contributed by atoms with Crippen LogP contribution in [0.5, 0.6) is 0 Å². The summed E-state index contributed by atoms with van der Waals surface area (Å²) in [5, 5.41) is -0.415. The lowest BCUT2D eigenvalue weighted by atomic mass is 10.3. The van der Waals surface area contributed by atoms with Gasteiger partial charge in [-0.05, 0) is 24.3 Å². The number of anilines is 1. The Morgan fingerprint density at radius 1 is 1.16 bits per heavy atom. The van der Waals surface area contributed by atoms with Crippen molar-refractivity contribution in [2.24, 2.45) is 0 Å². The molecule has 1 heterocycles. The maximum Gasteiger partial charge on any atom is 0.267 e. The molecule has 4 nitrogen and oxygen atoms in total. The van der Waals surface area contributed by atoms with E-state index in [0.29, 0.717) is 0 Å². The first-order valence-electron chi connectivity index (χ1n) is 4.99. The molecule has 0 atom stereocenters. The maximum absolute atomic E-state index is 13.6. The molecule has 0 aliphatic heterocycles. The smallest absolute Gasteiger partial charge is 0.263 e. The molecule has 19 heavy (non-hydrogen) atoms. The molecule has 8 heteroatoms. The van der Waals surface area contributed by atoms with Crippen LogP contribution in [-0.4, -0.2) is 13.4 Å². The van der Waals surface area contributed by atoms with E-state index in [0.717, 1.165) is 12.1 Å². The number of hydrogen-bond donors (Lipinski definition) is 1. The molecule has 2 rings (SSSR count). The van der Waals surface area contributed by atoms with Gasteiger partial charge in [0.2, 0.25) is 0 Å². The molecule has 0 bridgehead atoms. The molecule has 1 aromatic heterocycles. The van der Waals surface area contributed by atoms with E-state index in [1.54, 1.807) is 6.07 Å². The summed E-state index contributed by atoms with van der Waals surface area (Å²) < 4.78 is 52.6. The zero-order valence-electron chi connectivity index (χ0n) is 9.27. The molecular formula is C11H7ClF2N2O2S. The molecule has 1 aromatic carbocycles. The summed E-state index contributed by atoms with van der Waals surface area (Å²) in [5.41, 5.74) is 0. The van der Waals surface area contributed by atoms with Gasteiger partial charge in [-0.2, -0.15) is 0 Å². The standard InChI is InChI=1S/C11H7ClF2N2O2S/c12-7-4-5-8(13)10(14)11(7)19(17,18)16-9-3-1-2-6-15-9/h1-6H,(H,15,16). The second-order valence-corrected chi connectivity index (χ2v) is 5.52. The van der Waals surface area contributed by atoms with Gasteiger partial charge in [-0.25, -0.2) is 22.2 Å². The second-order valence-electron chi connectivity index (χ2n) is 3.49. The monoisotopic (exact) mass is 304 g/mol. The number of aromatic nitrogens is 1. The Kier molecular flexibility index (Phi) is 3.68. The minimum atomic E-state index is -4.36. The fourth-order valence-electron chi connectivity index (χ4n) is 1.37. The molecule has 0 fully saturated rings. The fraction of sp³-hybridized carbons (Fsp3) is 0. The molecule has 0 radical (unpaired) electrons. The highest BCUT2D eigenvalue weighted by Crippen LogP contribution is 2.27. The predicted molar refractivity (Wildman–Crippen MR) is 66.4 cm³/mol. The molecular weight excluding hydrogens is 298 g/mol. The highest BCUT2D eigenvalue weighted by Gasteiger charge is 2.25. The van der Waals surface area contributed by atoms with Gasteiger partial charge in [-0.15, -0.1) is 0 Å². The van der Waals surface area contributed by atoms with Crippen LogP contribution in [0.3, 0.4) is 0 Å². The number of pyridine rings is 1. The van der Waals surface area contributed by atoms with Crippen molar-refractivity contribution in [1.29, 1.82) is 0 Å². The number of rotatable bonds is 3. The molecule has 1 N–H and O–H groups in total. The van der Waals surface area contributed by atoms with E-state index in [2.05, 4.69) is 4.98 Å². The topological polar surface area (TPSA) is 59.1 Å². The summed E-state index contributed by atoms with van der Waals surface area (Å²) in [6.45, 7) is 0. The Hall–Kier alpha value is -1.73. The molecule has 0 saturated heterocycles. The minimum absolute atomic E-state index is 0.0257. The summed E-state index contributed by atoms with van der Waals surface area (Å²) in [6, 6.07) is 6.19. The van der Waals surface area contributed by atoms with Crippen molar-refractivity contribution in [3.63, 3.8) is 0 Å². The molecule has 0 aliphatic rings. The van der Waals surface area contributed by atoms with Gasteiger partial charge in [0.05, 0.1) is 5.02 Å². The number of sulfonamides is 1. The molecule has 0 aliphatic carbocycles. The Labute approximate surface area is 113 Å². The highest BCUT2D eigenvalue weighted by atomic mass is 35.5. The Morgan fingerprint density at radius 2 is 1.89 bits per heavy atom. The summed E-state index contributed by atoms with van der Waals surface area (Å²) >= 11 is 5.61. The van der Waals surface area contributed by atoms with Crippen molar-refractivity contribution in [2.45, 2.75) is 4.90 Å². The molecule has 2 aromatic rings. The van der Waals surface area contributed by atoms with Gasteiger partial charge in [0, 0.05) is 6.20 Å². The van der Waals surface area contributed by atoms with Gasteiger partial charge in [0.25, 0.3) is 10.0 Å². The van der Waals surface area contributed by atoms with Crippen LogP contribution in [0, 0.1) is 11.6 Å². The second kappa shape index (κ2) is 5.10. The van der Waals surface area contributed by atoms with E-state index in [4.69, 9.17) is 11.6 Å². The number of hydrogen-bond acceptors (Lipinski definition) is 3. The first-order chi connectivity index (χ1) is 8.92. The van der Waals surface area contributed by atoms with Crippen LogP contribution >= 0.6 is 11.6 Å². The van der Waals surface area contributed by atoms with Crippen LogP contribution in [0.1, 0.15) is 0 Å². The van der Waals surface area contributed by atoms with Crippen LogP contribution in [0.2, 0.25) is 5.02 Å². The van der Waals surface area contributed by atoms with E-state index in [9.17, 15) is 17.2 Å². The quantitative estimate of drug-likeness (QED) is 0.887. The fourth-order valence-corrected chi connectivity index (χ4v) is 2.97. The maximum atomic E-state index is 13.6. The number of halogens is 3. The van der Waals surface area contributed by atoms with Crippen molar-refractivity contribution < 1.29 is 17.2 Å². The summed E-state index contributed by atoms with van der Waals surface area (Å²) in [7, 11) is -4.36. The van der Waals surface area contributed by atoms with Gasteiger partial charge >= 0.3 is 0 Å². The SMILES string of the molecule is O=S(=O)(Nc1ccccn1)c1c(Cl)ccc(F)c1F. The lowest BCUT2D eigenvalue weighted by molar-refractivity contribution is 0.485. The van der Waals surface area contributed by atoms with Crippen LogP contribution in [0.4, 0.5) is 14.6 Å². The third-order valence-electron chi connectivity index (χ3n) is 2.17. The van der Waals surface area contributed by atoms with E-state index in [-0.39, 0.29) is 5.82 Å². The normalized spacial score (nSPS) is 11.3. The van der Waals surface area contributed by atoms with Gasteiger partial charge in [-0.3, -0.25) is 4.72 Å². The molecule has 0 amide bonds. The van der Waals surface area contributed by atoms with Crippen LogP contribution in [0.15, 0.2) is 41.4 Å². The first-order valence-corrected chi connectivity index (χ1v) is 6.85. The van der Waals surface area contributed by atoms with E-state index in [1.165, 1.54) is 18.3 Å². The first kappa shape index (κ1) is 13.7. The number of nitrogens with one attached hydrogen (secondary N) is 1. The van der Waals surface area contributed by atoms with Gasteiger partial charge < -0.3 is 0 Å². The molecule has 0 unspecified atom stereocenters. The van der Waals surface area contributed by atoms with Gasteiger partial charge in [-0.1, -0.05) is 17.7 Å². The van der Waals surface area contributed by atoms with Crippen molar-refractivity contribution in [2.75, 3.05) is 4.72 Å². The third-order valence-corrected chi connectivity index (χ3v) is 4.02. The third kappa shape index (κ3) is 2.82.